The molecule has 5 heteroatoms. The van der Waals surface area contributed by atoms with Crippen molar-refractivity contribution in [1.29, 1.82) is 0 Å². The summed E-state index contributed by atoms with van der Waals surface area (Å²) in [7, 11) is -1.24. The van der Waals surface area contributed by atoms with Crippen LogP contribution in [0.3, 0.4) is 0 Å². The van der Waals surface area contributed by atoms with Gasteiger partial charge in [-0.05, 0) is 25.1 Å². The van der Waals surface area contributed by atoms with Gasteiger partial charge in [-0.2, -0.15) is 0 Å². The van der Waals surface area contributed by atoms with E-state index in [0.29, 0.717) is 18.5 Å². The molecule has 1 N–H and O–H groups in total. The summed E-state index contributed by atoms with van der Waals surface area (Å²) in [5, 5.41) is 2.97. The lowest BCUT2D eigenvalue weighted by Crippen LogP contribution is -2.20. The molecule has 0 saturated carbocycles. The normalized spacial score (nSPS) is 13.6. The minimum Gasteiger partial charge on any atom is -0.319 e. The second kappa shape index (κ2) is 6.12. The number of rotatable bonds is 6. The fourth-order valence-corrected chi connectivity index (χ4v) is 2.49. The predicted molar refractivity (Wildman–Crippen MR) is 67.4 cm³/mol. The summed E-state index contributed by atoms with van der Waals surface area (Å²) >= 11 is 0. The fraction of sp³-hybridized carbons (Fsp3) is 0.500. The smallest absolute Gasteiger partial charge is 0.147 e. The Morgan fingerprint density at radius 2 is 2.00 bits per heavy atom. The summed E-state index contributed by atoms with van der Waals surface area (Å²) in [5.41, 5.74) is 0.575. The van der Waals surface area contributed by atoms with E-state index < -0.39 is 9.84 Å². The van der Waals surface area contributed by atoms with Crippen LogP contribution in [0.1, 0.15) is 17.9 Å². The van der Waals surface area contributed by atoms with Gasteiger partial charge >= 0.3 is 0 Å². The van der Waals surface area contributed by atoms with Crippen LogP contribution in [-0.4, -0.2) is 34.0 Å². The van der Waals surface area contributed by atoms with Crippen molar-refractivity contribution in [2.24, 2.45) is 0 Å². The van der Waals surface area contributed by atoms with Crippen LogP contribution < -0.4 is 5.32 Å². The summed E-state index contributed by atoms with van der Waals surface area (Å²) in [6, 6.07) is 6.51. The zero-order valence-electron chi connectivity index (χ0n) is 10.1. The van der Waals surface area contributed by atoms with Crippen LogP contribution in [-0.2, 0) is 9.84 Å². The van der Waals surface area contributed by atoms with Gasteiger partial charge in [0.1, 0.15) is 15.7 Å². The zero-order chi connectivity index (χ0) is 12.9. The van der Waals surface area contributed by atoms with E-state index >= 15 is 0 Å². The maximum absolute atomic E-state index is 13.6. The molecule has 0 radical (unpaired) electrons. The third-order valence-corrected chi connectivity index (χ3v) is 3.61. The number of hydrogen-bond acceptors (Lipinski definition) is 3. The zero-order valence-corrected chi connectivity index (χ0v) is 10.9. The molecular formula is C12H18FNO2S. The molecule has 0 aliphatic heterocycles. The SMILES string of the molecule is CNCC(CCS(C)(=O)=O)c1ccccc1F. The maximum Gasteiger partial charge on any atom is 0.147 e. The Morgan fingerprint density at radius 1 is 1.35 bits per heavy atom. The van der Waals surface area contributed by atoms with Crippen LogP contribution in [0, 0.1) is 5.82 Å². The Balaban J connectivity index is 2.82. The molecule has 0 spiro atoms. The van der Waals surface area contributed by atoms with Crippen LogP contribution in [0.4, 0.5) is 4.39 Å². The maximum atomic E-state index is 13.6. The second-order valence-corrected chi connectivity index (χ2v) is 6.45. The highest BCUT2D eigenvalue weighted by molar-refractivity contribution is 7.90. The number of nitrogens with one attached hydrogen (secondary N) is 1. The summed E-state index contributed by atoms with van der Waals surface area (Å²) in [6.07, 6.45) is 1.63. The van der Waals surface area contributed by atoms with Crippen molar-refractivity contribution in [3.05, 3.63) is 35.6 Å². The average molecular weight is 259 g/mol. The molecule has 0 amide bonds. The van der Waals surface area contributed by atoms with Crippen LogP contribution in [0.25, 0.3) is 0 Å². The summed E-state index contributed by atoms with van der Waals surface area (Å²) in [6.45, 7) is 0.566. The Kier molecular flexibility index (Phi) is 5.08. The molecule has 0 saturated heterocycles. The fourth-order valence-electron chi connectivity index (χ4n) is 1.78. The first kappa shape index (κ1) is 14.1. The first-order valence-corrected chi connectivity index (χ1v) is 7.57. The molecule has 17 heavy (non-hydrogen) atoms. The van der Waals surface area contributed by atoms with E-state index in [4.69, 9.17) is 0 Å². The molecule has 0 aliphatic carbocycles. The summed E-state index contributed by atoms with van der Waals surface area (Å²) in [4.78, 5) is 0. The van der Waals surface area contributed by atoms with Crippen molar-refractivity contribution in [2.75, 3.05) is 25.6 Å². The van der Waals surface area contributed by atoms with Crippen molar-refractivity contribution < 1.29 is 12.8 Å². The standard InChI is InChI=1S/C12H18FNO2S/c1-14-9-10(7-8-17(2,15)16)11-5-3-4-6-12(11)13/h3-6,10,14H,7-9H2,1-2H3. The van der Waals surface area contributed by atoms with Gasteiger partial charge in [-0.3, -0.25) is 0 Å². The highest BCUT2D eigenvalue weighted by Crippen LogP contribution is 2.22. The topological polar surface area (TPSA) is 46.2 Å². The summed E-state index contributed by atoms with van der Waals surface area (Å²) in [5.74, 6) is -0.314. The number of sulfone groups is 1. The van der Waals surface area contributed by atoms with E-state index in [2.05, 4.69) is 5.32 Å². The Labute approximate surface area is 102 Å². The van der Waals surface area contributed by atoms with Gasteiger partial charge in [0.15, 0.2) is 0 Å². The monoisotopic (exact) mass is 259 g/mol. The molecule has 0 heterocycles. The Hall–Kier alpha value is -0.940. The molecule has 1 unspecified atom stereocenters. The van der Waals surface area contributed by atoms with Gasteiger partial charge < -0.3 is 5.32 Å². The van der Waals surface area contributed by atoms with Crippen LogP contribution >= 0.6 is 0 Å². The van der Waals surface area contributed by atoms with E-state index in [-0.39, 0.29) is 17.5 Å². The van der Waals surface area contributed by atoms with Crippen LogP contribution in [0.5, 0.6) is 0 Å². The molecule has 1 aromatic carbocycles. The minimum atomic E-state index is -3.01. The Bertz CT molecular complexity index is 459. The van der Waals surface area contributed by atoms with E-state index in [1.165, 1.54) is 12.3 Å². The van der Waals surface area contributed by atoms with Gasteiger partial charge in [-0.1, -0.05) is 18.2 Å². The molecule has 96 valence electrons. The Morgan fingerprint density at radius 3 is 2.53 bits per heavy atom. The van der Waals surface area contributed by atoms with E-state index in [0.717, 1.165) is 0 Å². The second-order valence-electron chi connectivity index (χ2n) is 4.19. The summed E-state index contributed by atoms with van der Waals surface area (Å²) < 4.78 is 35.9. The molecule has 1 rings (SSSR count). The molecular weight excluding hydrogens is 241 g/mol. The third-order valence-electron chi connectivity index (χ3n) is 2.63. The van der Waals surface area contributed by atoms with Gasteiger partial charge in [0.2, 0.25) is 0 Å². The lowest BCUT2D eigenvalue weighted by atomic mass is 9.96. The minimum absolute atomic E-state index is 0.0771. The number of likely N-dealkylation sites (N-methyl/N-ethyl adjacent to an activating group) is 1. The van der Waals surface area contributed by atoms with Crippen molar-refractivity contribution in [2.45, 2.75) is 12.3 Å². The quantitative estimate of drug-likeness (QED) is 0.843. The molecule has 0 fully saturated rings. The van der Waals surface area contributed by atoms with Crippen molar-refractivity contribution >= 4 is 9.84 Å². The van der Waals surface area contributed by atoms with E-state index in [9.17, 15) is 12.8 Å². The van der Waals surface area contributed by atoms with Crippen LogP contribution in [0.2, 0.25) is 0 Å². The molecule has 3 nitrogen and oxygen atoms in total. The third kappa shape index (κ3) is 4.83. The van der Waals surface area contributed by atoms with Gasteiger partial charge in [-0.25, -0.2) is 12.8 Å². The van der Waals surface area contributed by atoms with Crippen LogP contribution in [0.15, 0.2) is 24.3 Å². The first-order chi connectivity index (χ1) is 7.94. The van der Waals surface area contributed by atoms with E-state index in [1.54, 1.807) is 25.2 Å². The van der Waals surface area contributed by atoms with Crippen molar-refractivity contribution in [1.82, 2.24) is 5.32 Å². The highest BCUT2D eigenvalue weighted by atomic mass is 32.2. The predicted octanol–water partition coefficient (Wildman–Crippen LogP) is 1.56. The molecule has 0 aliphatic rings. The first-order valence-electron chi connectivity index (χ1n) is 5.51. The van der Waals surface area contributed by atoms with Gasteiger partial charge in [0.25, 0.3) is 0 Å². The van der Waals surface area contributed by atoms with Crippen molar-refractivity contribution in [3.8, 4) is 0 Å². The largest absolute Gasteiger partial charge is 0.319 e. The number of halogens is 1. The highest BCUT2D eigenvalue weighted by Gasteiger charge is 2.16. The number of hydrogen-bond donors (Lipinski definition) is 1. The average Bonchev–Trinajstić information content (AvgIpc) is 2.24. The molecule has 0 bridgehead atoms. The van der Waals surface area contributed by atoms with Crippen molar-refractivity contribution in [3.63, 3.8) is 0 Å². The van der Waals surface area contributed by atoms with Gasteiger partial charge in [0, 0.05) is 18.7 Å². The van der Waals surface area contributed by atoms with E-state index in [1.807, 2.05) is 0 Å². The molecule has 1 atom stereocenters. The van der Waals surface area contributed by atoms with Gasteiger partial charge in [0.05, 0.1) is 5.75 Å². The number of benzene rings is 1. The lowest BCUT2D eigenvalue weighted by Gasteiger charge is -2.17. The molecule has 0 aromatic heterocycles. The van der Waals surface area contributed by atoms with Gasteiger partial charge in [-0.15, -0.1) is 0 Å². The lowest BCUT2D eigenvalue weighted by molar-refractivity contribution is 0.543. The molecule has 1 aromatic rings.